The van der Waals surface area contributed by atoms with Crippen LogP contribution in [0.2, 0.25) is 5.02 Å². The van der Waals surface area contributed by atoms with Gasteiger partial charge < -0.3 is 16.8 Å². The number of halogens is 1. The smallest absolute Gasteiger partial charge is 0.151 e. The van der Waals surface area contributed by atoms with E-state index in [2.05, 4.69) is 10.3 Å². The van der Waals surface area contributed by atoms with E-state index in [0.29, 0.717) is 22.3 Å². The van der Waals surface area contributed by atoms with Crippen LogP contribution < -0.4 is 16.8 Å². The van der Waals surface area contributed by atoms with Gasteiger partial charge >= 0.3 is 0 Å². The second kappa shape index (κ2) is 4.28. The molecule has 2 rings (SSSR count). The molecule has 5 N–H and O–H groups in total. The lowest BCUT2D eigenvalue weighted by molar-refractivity contribution is 1.32. The summed E-state index contributed by atoms with van der Waals surface area (Å²) in [5.41, 5.74) is 12.7. The lowest BCUT2D eigenvalue weighted by atomic mass is 10.3. The summed E-state index contributed by atoms with van der Waals surface area (Å²) < 4.78 is 0. The van der Waals surface area contributed by atoms with Gasteiger partial charge in [-0.3, -0.25) is 0 Å². The fourth-order valence-corrected chi connectivity index (χ4v) is 1.40. The van der Waals surface area contributed by atoms with E-state index < -0.39 is 0 Å². The molecule has 1 aromatic carbocycles. The molecule has 0 fully saturated rings. The zero-order valence-corrected chi connectivity index (χ0v) is 9.20. The van der Waals surface area contributed by atoms with Crippen LogP contribution in [0.15, 0.2) is 36.4 Å². The number of hydrogen-bond acceptors (Lipinski definition) is 4. The molecule has 1 aromatic heterocycles. The van der Waals surface area contributed by atoms with Gasteiger partial charge in [0.1, 0.15) is 5.82 Å². The predicted octanol–water partition coefficient (Wildman–Crippen LogP) is 2.64. The van der Waals surface area contributed by atoms with E-state index in [-0.39, 0.29) is 0 Å². The monoisotopic (exact) mass is 234 g/mol. The predicted molar refractivity (Wildman–Crippen MR) is 67.8 cm³/mol. The van der Waals surface area contributed by atoms with Gasteiger partial charge in [0.25, 0.3) is 0 Å². The number of nitrogens with zero attached hydrogens (tertiary/aromatic N) is 1. The number of pyridine rings is 1. The molecule has 0 saturated carbocycles. The highest BCUT2D eigenvalue weighted by Crippen LogP contribution is 2.24. The van der Waals surface area contributed by atoms with Crippen molar-refractivity contribution in [2.45, 2.75) is 0 Å². The Labute approximate surface area is 98.2 Å². The van der Waals surface area contributed by atoms with Gasteiger partial charge in [-0.1, -0.05) is 11.6 Å². The maximum absolute atomic E-state index is 5.97. The first-order chi connectivity index (χ1) is 7.65. The van der Waals surface area contributed by atoms with Crippen molar-refractivity contribution >= 4 is 34.6 Å². The third kappa shape index (κ3) is 2.35. The van der Waals surface area contributed by atoms with Crippen LogP contribution in [0, 0.1) is 0 Å². The van der Waals surface area contributed by atoms with Crippen molar-refractivity contribution in [3.8, 4) is 0 Å². The number of nitrogens with one attached hydrogen (secondary N) is 1. The van der Waals surface area contributed by atoms with Crippen LogP contribution in [0.5, 0.6) is 0 Å². The summed E-state index contributed by atoms with van der Waals surface area (Å²) in [6, 6.07) is 10.6. The number of benzene rings is 1. The minimum absolute atomic E-state index is 0.419. The van der Waals surface area contributed by atoms with Gasteiger partial charge in [-0.25, -0.2) is 4.98 Å². The summed E-state index contributed by atoms with van der Waals surface area (Å²) in [6.07, 6.45) is 0. The van der Waals surface area contributed by atoms with Gasteiger partial charge in [-0.2, -0.15) is 0 Å². The highest BCUT2D eigenvalue weighted by atomic mass is 35.5. The van der Waals surface area contributed by atoms with Gasteiger partial charge in [-0.15, -0.1) is 0 Å². The minimum atomic E-state index is 0.419. The molecule has 16 heavy (non-hydrogen) atoms. The van der Waals surface area contributed by atoms with E-state index in [1.54, 1.807) is 24.3 Å². The number of nitrogens with two attached hydrogens (primary N) is 2. The Hall–Kier alpha value is -1.94. The van der Waals surface area contributed by atoms with Crippen molar-refractivity contribution in [2.75, 3.05) is 16.8 Å². The van der Waals surface area contributed by atoms with Gasteiger partial charge in [0.15, 0.2) is 5.82 Å². The molecule has 2 aromatic rings. The zero-order valence-electron chi connectivity index (χ0n) is 8.44. The largest absolute Gasteiger partial charge is 0.399 e. The molecule has 0 saturated heterocycles. The second-order valence-electron chi connectivity index (χ2n) is 3.31. The molecule has 0 amide bonds. The molecule has 82 valence electrons. The molecule has 1 heterocycles. The molecule has 0 aliphatic carbocycles. The lowest BCUT2D eigenvalue weighted by Crippen LogP contribution is -1.98. The van der Waals surface area contributed by atoms with Crippen LogP contribution in [-0.4, -0.2) is 4.98 Å². The molecule has 0 atom stereocenters. The fourth-order valence-electron chi connectivity index (χ4n) is 1.25. The van der Waals surface area contributed by atoms with E-state index >= 15 is 0 Å². The third-order valence-corrected chi connectivity index (χ3v) is 2.35. The molecule has 0 aliphatic rings. The van der Waals surface area contributed by atoms with Gasteiger partial charge in [0, 0.05) is 11.4 Å². The van der Waals surface area contributed by atoms with E-state index in [0.717, 1.165) is 5.69 Å². The van der Waals surface area contributed by atoms with Crippen molar-refractivity contribution in [1.82, 2.24) is 4.98 Å². The first-order valence-electron chi connectivity index (χ1n) is 4.70. The average Bonchev–Trinajstić information content (AvgIpc) is 2.27. The molecule has 0 bridgehead atoms. The first kappa shape index (κ1) is 10.6. The van der Waals surface area contributed by atoms with Crippen molar-refractivity contribution in [1.29, 1.82) is 0 Å². The van der Waals surface area contributed by atoms with Gasteiger partial charge in [0.2, 0.25) is 0 Å². The fraction of sp³-hybridized carbons (Fsp3) is 0. The Morgan fingerprint density at radius 3 is 2.38 bits per heavy atom. The number of aromatic nitrogens is 1. The highest BCUT2D eigenvalue weighted by molar-refractivity contribution is 6.33. The molecule has 4 nitrogen and oxygen atoms in total. The first-order valence-corrected chi connectivity index (χ1v) is 5.07. The summed E-state index contributed by atoms with van der Waals surface area (Å²) in [5, 5.41) is 3.58. The Kier molecular flexibility index (Phi) is 2.83. The normalized spacial score (nSPS) is 10.1. The van der Waals surface area contributed by atoms with Crippen molar-refractivity contribution < 1.29 is 0 Å². The molecule has 0 radical (unpaired) electrons. The summed E-state index contributed by atoms with van der Waals surface area (Å²) in [7, 11) is 0. The molecule has 0 unspecified atom stereocenters. The van der Waals surface area contributed by atoms with E-state index in [4.69, 9.17) is 23.1 Å². The number of hydrogen-bond donors (Lipinski definition) is 3. The summed E-state index contributed by atoms with van der Waals surface area (Å²) >= 11 is 5.97. The summed E-state index contributed by atoms with van der Waals surface area (Å²) in [4.78, 5) is 4.09. The van der Waals surface area contributed by atoms with Crippen molar-refractivity contribution in [2.24, 2.45) is 0 Å². The van der Waals surface area contributed by atoms with Gasteiger partial charge in [0.05, 0.1) is 5.02 Å². The Morgan fingerprint density at radius 2 is 1.69 bits per heavy atom. The molecule has 5 heteroatoms. The van der Waals surface area contributed by atoms with E-state index in [9.17, 15) is 0 Å². The molecule has 0 aliphatic heterocycles. The van der Waals surface area contributed by atoms with Crippen LogP contribution >= 0.6 is 11.6 Å². The van der Waals surface area contributed by atoms with Crippen LogP contribution in [0.1, 0.15) is 0 Å². The maximum atomic E-state index is 5.97. The summed E-state index contributed by atoms with van der Waals surface area (Å²) in [6.45, 7) is 0. The van der Waals surface area contributed by atoms with Gasteiger partial charge in [-0.05, 0) is 36.4 Å². The Bertz CT molecular complexity index is 496. The van der Waals surface area contributed by atoms with Crippen LogP contribution in [0.4, 0.5) is 23.0 Å². The standard InChI is InChI=1S/C11H11ClN4/c12-9-5-6-10(14)16-11(9)15-8-3-1-7(13)2-4-8/h1-6H,13H2,(H3,14,15,16). The Morgan fingerprint density at radius 1 is 1.00 bits per heavy atom. The van der Waals surface area contributed by atoms with Crippen molar-refractivity contribution in [3.63, 3.8) is 0 Å². The lowest BCUT2D eigenvalue weighted by Gasteiger charge is -2.08. The zero-order chi connectivity index (χ0) is 11.5. The SMILES string of the molecule is Nc1ccc(Nc2nc(N)ccc2Cl)cc1. The van der Waals surface area contributed by atoms with E-state index in [1.807, 2.05) is 12.1 Å². The van der Waals surface area contributed by atoms with Crippen LogP contribution in [-0.2, 0) is 0 Å². The second-order valence-corrected chi connectivity index (χ2v) is 3.72. The van der Waals surface area contributed by atoms with Crippen LogP contribution in [0.25, 0.3) is 0 Å². The maximum Gasteiger partial charge on any atom is 0.151 e. The number of rotatable bonds is 2. The third-order valence-electron chi connectivity index (χ3n) is 2.04. The Balaban J connectivity index is 2.26. The molecular formula is C11H11ClN4. The summed E-state index contributed by atoms with van der Waals surface area (Å²) in [5.74, 6) is 0.953. The van der Waals surface area contributed by atoms with Crippen molar-refractivity contribution in [3.05, 3.63) is 41.4 Å². The molecule has 0 spiro atoms. The highest BCUT2D eigenvalue weighted by Gasteiger charge is 2.02. The number of nitrogen functional groups attached to an aromatic ring is 2. The number of anilines is 4. The molecular weight excluding hydrogens is 224 g/mol. The van der Waals surface area contributed by atoms with E-state index in [1.165, 1.54) is 0 Å². The minimum Gasteiger partial charge on any atom is -0.399 e. The quantitative estimate of drug-likeness (QED) is 0.698. The van der Waals surface area contributed by atoms with Crippen LogP contribution in [0.3, 0.4) is 0 Å². The average molecular weight is 235 g/mol. The topological polar surface area (TPSA) is 77.0 Å².